The van der Waals surface area contributed by atoms with Crippen LogP contribution in [0.4, 0.5) is 0 Å². The molecule has 0 bridgehead atoms. The van der Waals surface area contributed by atoms with E-state index < -0.39 is 0 Å². The Morgan fingerprint density at radius 3 is 2.43 bits per heavy atom. The van der Waals surface area contributed by atoms with Crippen LogP contribution in [0.2, 0.25) is 5.02 Å². The molecule has 1 aliphatic rings. The number of halogens is 1. The SMILES string of the molecule is Clc1ccc(-c2cc(=[N+]3CCOCC3)c3ccccc3o2)cc1. The van der Waals surface area contributed by atoms with Gasteiger partial charge in [0.1, 0.15) is 24.6 Å². The summed E-state index contributed by atoms with van der Waals surface area (Å²) >= 11 is 5.99. The van der Waals surface area contributed by atoms with Gasteiger partial charge in [-0.05, 0) is 36.4 Å². The van der Waals surface area contributed by atoms with Crippen LogP contribution < -0.4 is 9.93 Å². The number of para-hydroxylation sites is 1. The van der Waals surface area contributed by atoms with E-state index in [9.17, 15) is 0 Å². The average Bonchev–Trinajstić information content (AvgIpc) is 2.62. The van der Waals surface area contributed by atoms with Gasteiger partial charge in [-0.25, -0.2) is 4.58 Å². The van der Waals surface area contributed by atoms with Crippen LogP contribution in [-0.4, -0.2) is 26.3 Å². The molecule has 1 aromatic heterocycles. The van der Waals surface area contributed by atoms with Crippen LogP contribution in [0.3, 0.4) is 0 Å². The molecule has 3 aromatic rings. The fraction of sp³-hybridized carbons (Fsp3) is 0.211. The molecule has 0 saturated carbocycles. The Balaban J connectivity index is 1.99. The topological polar surface area (TPSA) is 25.4 Å². The monoisotopic (exact) mass is 326 g/mol. The quantitative estimate of drug-likeness (QED) is 0.639. The first kappa shape index (κ1) is 14.5. The third kappa shape index (κ3) is 2.90. The molecule has 2 aromatic carbocycles. The lowest BCUT2D eigenvalue weighted by Crippen LogP contribution is -2.40. The first-order chi connectivity index (χ1) is 11.3. The van der Waals surface area contributed by atoms with Crippen molar-refractivity contribution in [3.8, 4) is 11.3 Å². The molecule has 0 amide bonds. The highest BCUT2D eigenvalue weighted by atomic mass is 35.5. The second-order valence-electron chi connectivity index (χ2n) is 5.60. The van der Waals surface area contributed by atoms with Crippen molar-refractivity contribution in [3.63, 3.8) is 0 Å². The van der Waals surface area contributed by atoms with Gasteiger partial charge in [0.2, 0.25) is 5.36 Å². The van der Waals surface area contributed by atoms with E-state index in [2.05, 4.69) is 16.7 Å². The van der Waals surface area contributed by atoms with Crippen LogP contribution in [0.5, 0.6) is 0 Å². The molecule has 23 heavy (non-hydrogen) atoms. The van der Waals surface area contributed by atoms with Crippen LogP contribution in [0.1, 0.15) is 0 Å². The summed E-state index contributed by atoms with van der Waals surface area (Å²) in [5, 5.41) is 3.05. The van der Waals surface area contributed by atoms with E-state index in [1.54, 1.807) is 0 Å². The largest absolute Gasteiger partial charge is 0.456 e. The van der Waals surface area contributed by atoms with E-state index in [1.165, 1.54) is 5.36 Å². The molecule has 0 N–H and O–H groups in total. The number of morpholine rings is 1. The van der Waals surface area contributed by atoms with Gasteiger partial charge in [0.25, 0.3) is 0 Å². The summed E-state index contributed by atoms with van der Waals surface area (Å²) in [6.45, 7) is 3.31. The van der Waals surface area contributed by atoms with Crippen molar-refractivity contribution in [1.82, 2.24) is 4.58 Å². The maximum absolute atomic E-state index is 6.12. The van der Waals surface area contributed by atoms with Crippen LogP contribution in [0.25, 0.3) is 22.3 Å². The second kappa shape index (κ2) is 6.19. The first-order valence-electron chi connectivity index (χ1n) is 7.76. The van der Waals surface area contributed by atoms with Crippen molar-refractivity contribution in [2.75, 3.05) is 26.3 Å². The highest BCUT2D eigenvalue weighted by molar-refractivity contribution is 6.30. The number of fused-ring (bicyclic) bond motifs is 1. The van der Waals surface area contributed by atoms with E-state index in [0.717, 1.165) is 53.6 Å². The lowest BCUT2D eigenvalue weighted by Gasteiger charge is -2.12. The van der Waals surface area contributed by atoms with E-state index >= 15 is 0 Å². The number of benzene rings is 2. The fourth-order valence-electron chi connectivity index (χ4n) is 2.94. The zero-order valence-corrected chi connectivity index (χ0v) is 13.4. The van der Waals surface area contributed by atoms with Crippen LogP contribution in [0, 0.1) is 0 Å². The zero-order chi connectivity index (χ0) is 15.6. The van der Waals surface area contributed by atoms with Gasteiger partial charge < -0.3 is 9.15 Å². The van der Waals surface area contributed by atoms with Gasteiger partial charge in [-0.15, -0.1) is 0 Å². The minimum absolute atomic E-state index is 0.725. The third-order valence-electron chi connectivity index (χ3n) is 4.13. The van der Waals surface area contributed by atoms with Gasteiger partial charge in [-0.2, -0.15) is 0 Å². The maximum atomic E-state index is 6.12. The second-order valence-corrected chi connectivity index (χ2v) is 6.03. The normalized spacial score (nSPS) is 15.1. The van der Waals surface area contributed by atoms with Gasteiger partial charge >= 0.3 is 0 Å². The van der Waals surface area contributed by atoms with Crippen molar-refractivity contribution in [1.29, 1.82) is 0 Å². The van der Waals surface area contributed by atoms with Crippen LogP contribution >= 0.6 is 11.6 Å². The standard InChI is InChI=1S/C19H17ClNO2/c20-15-7-5-14(6-8-15)19-13-17(21-9-11-22-12-10-21)16-3-1-2-4-18(16)23-19/h1-8,13H,9-12H2/q+1. The Morgan fingerprint density at radius 2 is 1.65 bits per heavy atom. The molecule has 2 heterocycles. The maximum Gasteiger partial charge on any atom is 0.214 e. The molecule has 0 radical (unpaired) electrons. The zero-order valence-electron chi connectivity index (χ0n) is 12.7. The summed E-state index contributed by atoms with van der Waals surface area (Å²) < 4.78 is 14.0. The molecule has 1 fully saturated rings. The molecule has 0 unspecified atom stereocenters. The van der Waals surface area contributed by atoms with Crippen LogP contribution in [0.15, 0.2) is 59.0 Å². The van der Waals surface area contributed by atoms with Crippen molar-refractivity contribution in [2.45, 2.75) is 0 Å². The van der Waals surface area contributed by atoms with E-state index in [1.807, 2.05) is 42.5 Å². The van der Waals surface area contributed by atoms with Gasteiger partial charge in [0, 0.05) is 10.6 Å². The predicted molar refractivity (Wildman–Crippen MR) is 92.5 cm³/mol. The predicted octanol–water partition coefficient (Wildman–Crippen LogP) is 3.56. The van der Waals surface area contributed by atoms with Crippen molar-refractivity contribution in [2.24, 2.45) is 0 Å². The summed E-state index contributed by atoms with van der Waals surface area (Å²) in [7, 11) is 0. The Bertz CT molecular complexity index is 905. The van der Waals surface area contributed by atoms with E-state index in [-0.39, 0.29) is 0 Å². The van der Waals surface area contributed by atoms with Gasteiger partial charge in [-0.1, -0.05) is 23.7 Å². The van der Waals surface area contributed by atoms with Gasteiger partial charge in [-0.3, -0.25) is 0 Å². The fourth-order valence-corrected chi connectivity index (χ4v) is 3.07. The average molecular weight is 327 g/mol. The van der Waals surface area contributed by atoms with Crippen molar-refractivity contribution in [3.05, 3.63) is 65.0 Å². The van der Waals surface area contributed by atoms with Gasteiger partial charge in [0.05, 0.1) is 11.5 Å². The Kier molecular flexibility index (Phi) is 3.90. The highest BCUT2D eigenvalue weighted by Gasteiger charge is 2.16. The number of hydrogen-bond acceptors (Lipinski definition) is 2. The molecule has 4 heteroatoms. The molecule has 116 valence electrons. The summed E-state index contributed by atoms with van der Waals surface area (Å²) in [5.41, 5.74) is 1.91. The molecule has 0 atom stereocenters. The Morgan fingerprint density at radius 1 is 0.913 bits per heavy atom. The van der Waals surface area contributed by atoms with E-state index in [0.29, 0.717) is 0 Å². The lowest BCUT2D eigenvalue weighted by atomic mass is 10.1. The summed E-state index contributed by atoms with van der Waals surface area (Å²) in [6.07, 6.45) is 0. The number of rotatable bonds is 1. The van der Waals surface area contributed by atoms with Crippen LogP contribution in [-0.2, 0) is 4.74 Å². The number of hydrogen-bond donors (Lipinski definition) is 0. The highest BCUT2D eigenvalue weighted by Crippen LogP contribution is 2.23. The minimum Gasteiger partial charge on any atom is -0.456 e. The Labute approximate surface area is 139 Å². The third-order valence-corrected chi connectivity index (χ3v) is 4.38. The Hall–Kier alpha value is -2.10. The minimum atomic E-state index is 0.725. The molecular formula is C19H17ClNO2+. The van der Waals surface area contributed by atoms with Crippen molar-refractivity contribution < 1.29 is 9.15 Å². The summed E-state index contributed by atoms with van der Waals surface area (Å²) in [5.74, 6) is 0.849. The smallest absolute Gasteiger partial charge is 0.214 e. The van der Waals surface area contributed by atoms with Gasteiger partial charge in [0.15, 0.2) is 13.1 Å². The molecule has 1 aliphatic heterocycles. The number of ether oxygens (including phenoxy) is 1. The molecule has 1 saturated heterocycles. The lowest BCUT2D eigenvalue weighted by molar-refractivity contribution is 0.0967. The molecule has 0 spiro atoms. The number of nitrogens with zero attached hydrogens (tertiary/aromatic N) is 1. The molecule has 4 rings (SSSR count). The summed E-state index contributed by atoms with van der Waals surface area (Å²) in [4.78, 5) is 0. The van der Waals surface area contributed by atoms with Crippen molar-refractivity contribution >= 4 is 22.6 Å². The molecular weight excluding hydrogens is 310 g/mol. The van der Waals surface area contributed by atoms with E-state index in [4.69, 9.17) is 20.8 Å². The summed E-state index contributed by atoms with van der Waals surface area (Å²) in [6, 6.07) is 18.0. The molecule has 0 aliphatic carbocycles. The first-order valence-corrected chi connectivity index (χ1v) is 8.13. The molecule has 3 nitrogen and oxygen atoms in total.